The molecule has 0 radical (unpaired) electrons. The number of carbonyl (C=O) groups excluding carboxylic acids is 1. The average molecular weight is 547 g/mol. The number of piperidine rings is 1. The fourth-order valence-electron chi connectivity index (χ4n) is 3.97. The van der Waals surface area contributed by atoms with Gasteiger partial charge < -0.3 is 9.84 Å². The van der Waals surface area contributed by atoms with E-state index in [1.54, 1.807) is 17.8 Å². The van der Waals surface area contributed by atoms with Crippen molar-refractivity contribution in [3.05, 3.63) is 70.3 Å². The Labute approximate surface area is 211 Å². The first-order valence-electron chi connectivity index (χ1n) is 11.5. The zero-order valence-corrected chi connectivity index (χ0v) is 21.3. The molecule has 1 atom stereocenters. The van der Waals surface area contributed by atoms with E-state index in [4.69, 9.17) is 4.52 Å². The molecule has 0 saturated carbocycles. The Bertz CT molecular complexity index is 1080. The van der Waals surface area contributed by atoms with Gasteiger partial charge in [-0.1, -0.05) is 39.3 Å². The van der Waals surface area contributed by atoms with Gasteiger partial charge in [-0.2, -0.15) is 16.7 Å². The van der Waals surface area contributed by atoms with Crippen molar-refractivity contribution in [1.82, 2.24) is 20.4 Å². The second-order valence-corrected chi connectivity index (χ2v) is 10.4. The van der Waals surface area contributed by atoms with Crippen molar-refractivity contribution >= 4 is 33.6 Å². The van der Waals surface area contributed by atoms with Crippen molar-refractivity contribution in [1.29, 1.82) is 0 Å². The van der Waals surface area contributed by atoms with Gasteiger partial charge in [0.1, 0.15) is 5.82 Å². The van der Waals surface area contributed by atoms with Crippen molar-refractivity contribution in [2.45, 2.75) is 31.6 Å². The number of carbonyl (C=O) groups is 1. The minimum absolute atomic E-state index is 0.0336. The van der Waals surface area contributed by atoms with Gasteiger partial charge in [0.25, 0.3) is 0 Å². The van der Waals surface area contributed by atoms with E-state index >= 15 is 0 Å². The SMILES string of the molecule is O=C(NCCCSCc1ccccc1F)C1CCCN(Cc2nc(-c3ccc(Br)cc3)no2)C1. The summed E-state index contributed by atoms with van der Waals surface area (Å²) in [6, 6.07) is 14.6. The first-order chi connectivity index (χ1) is 16.6. The maximum absolute atomic E-state index is 13.6. The van der Waals surface area contributed by atoms with Crippen molar-refractivity contribution in [2.24, 2.45) is 5.92 Å². The molecule has 4 rings (SSSR count). The number of aromatic nitrogens is 2. The van der Waals surface area contributed by atoms with Crippen molar-refractivity contribution in [3.63, 3.8) is 0 Å². The van der Waals surface area contributed by atoms with E-state index < -0.39 is 0 Å². The summed E-state index contributed by atoms with van der Waals surface area (Å²) in [7, 11) is 0. The largest absolute Gasteiger partial charge is 0.356 e. The molecule has 2 aromatic carbocycles. The summed E-state index contributed by atoms with van der Waals surface area (Å²) in [5.41, 5.74) is 1.63. The van der Waals surface area contributed by atoms with Gasteiger partial charge in [-0.25, -0.2) is 4.39 Å². The van der Waals surface area contributed by atoms with E-state index in [1.807, 2.05) is 36.4 Å². The van der Waals surface area contributed by atoms with Crippen LogP contribution in [0.3, 0.4) is 0 Å². The Kier molecular flexibility index (Phi) is 9.12. The molecule has 3 aromatic rings. The molecular weight excluding hydrogens is 519 g/mol. The van der Waals surface area contributed by atoms with Crippen LogP contribution < -0.4 is 5.32 Å². The highest BCUT2D eigenvalue weighted by atomic mass is 79.9. The monoisotopic (exact) mass is 546 g/mol. The van der Waals surface area contributed by atoms with E-state index in [0.717, 1.165) is 47.2 Å². The number of halogens is 2. The molecule has 1 fully saturated rings. The van der Waals surface area contributed by atoms with Gasteiger partial charge >= 0.3 is 0 Å². The minimum Gasteiger partial charge on any atom is -0.356 e. The molecule has 1 aliphatic heterocycles. The van der Waals surface area contributed by atoms with E-state index in [0.29, 0.717) is 37.1 Å². The molecule has 180 valence electrons. The van der Waals surface area contributed by atoms with Crippen molar-refractivity contribution in [3.8, 4) is 11.4 Å². The Morgan fingerprint density at radius 2 is 2.06 bits per heavy atom. The summed E-state index contributed by atoms with van der Waals surface area (Å²) in [4.78, 5) is 19.4. The average Bonchev–Trinajstić information content (AvgIpc) is 3.31. The highest BCUT2D eigenvalue weighted by Gasteiger charge is 2.26. The number of hydrogen-bond acceptors (Lipinski definition) is 6. The molecule has 1 N–H and O–H groups in total. The predicted octanol–water partition coefficient (Wildman–Crippen LogP) is 5.29. The van der Waals surface area contributed by atoms with Gasteiger partial charge in [-0.05, 0) is 67.5 Å². The van der Waals surface area contributed by atoms with Crippen molar-refractivity contribution in [2.75, 3.05) is 25.4 Å². The number of amides is 1. The van der Waals surface area contributed by atoms with Crippen LogP contribution in [0.2, 0.25) is 0 Å². The number of rotatable bonds is 10. The van der Waals surface area contributed by atoms with Crippen LogP contribution in [0.25, 0.3) is 11.4 Å². The molecule has 1 saturated heterocycles. The number of nitrogens with zero attached hydrogens (tertiary/aromatic N) is 3. The number of benzene rings is 2. The second-order valence-electron chi connectivity index (χ2n) is 8.38. The number of likely N-dealkylation sites (tertiary alicyclic amines) is 1. The van der Waals surface area contributed by atoms with Crippen LogP contribution in [0.4, 0.5) is 4.39 Å². The fraction of sp³-hybridized carbons (Fsp3) is 0.400. The molecule has 1 aliphatic rings. The summed E-state index contributed by atoms with van der Waals surface area (Å²) < 4.78 is 20.1. The highest BCUT2D eigenvalue weighted by molar-refractivity contribution is 9.10. The first-order valence-corrected chi connectivity index (χ1v) is 13.4. The molecule has 0 bridgehead atoms. The molecule has 6 nitrogen and oxygen atoms in total. The summed E-state index contributed by atoms with van der Waals surface area (Å²) in [6.07, 6.45) is 2.71. The smallest absolute Gasteiger partial charge is 0.241 e. The molecule has 1 aromatic heterocycles. The summed E-state index contributed by atoms with van der Waals surface area (Å²) in [5, 5.41) is 7.16. The Morgan fingerprint density at radius 3 is 2.88 bits per heavy atom. The van der Waals surface area contributed by atoms with E-state index in [-0.39, 0.29) is 17.6 Å². The Hall–Kier alpha value is -2.23. The molecule has 1 amide bonds. The Balaban J connectivity index is 1.17. The second kappa shape index (κ2) is 12.5. The van der Waals surface area contributed by atoms with Gasteiger partial charge in [-0.3, -0.25) is 9.69 Å². The first kappa shape index (κ1) is 24.9. The van der Waals surface area contributed by atoms with Crippen LogP contribution in [-0.4, -0.2) is 46.3 Å². The predicted molar refractivity (Wildman–Crippen MR) is 136 cm³/mol. The molecule has 34 heavy (non-hydrogen) atoms. The van der Waals surface area contributed by atoms with Crippen LogP contribution in [-0.2, 0) is 17.1 Å². The van der Waals surface area contributed by atoms with Crippen LogP contribution in [0, 0.1) is 11.7 Å². The number of hydrogen-bond donors (Lipinski definition) is 1. The standard InChI is InChI=1S/C25H28BrFN4O2S/c26-21-10-8-18(9-11-21)24-29-23(33-30-24)16-31-13-3-6-19(15-31)25(32)28-12-4-14-34-17-20-5-1-2-7-22(20)27/h1-2,5,7-11,19H,3-4,6,12-17H2,(H,28,32). The molecular formula is C25H28BrFN4O2S. The third-order valence-corrected chi connectivity index (χ3v) is 7.41. The molecule has 0 spiro atoms. The lowest BCUT2D eigenvalue weighted by Crippen LogP contribution is -2.43. The van der Waals surface area contributed by atoms with Gasteiger partial charge in [0, 0.05) is 28.9 Å². The minimum atomic E-state index is -0.157. The summed E-state index contributed by atoms with van der Waals surface area (Å²) in [6.45, 7) is 2.77. The van der Waals surface area contributed by atoms with E-state index in [9.17, 15) is 9.18 Å². The topological polar surface area (TPSA) is 71.3 Å². The molecule has 0 aliphatic carbocycles. The maximum Gasteiger partial charge on any atom is 0.241 e. The van der Waals surface area contributed by atoms with Gasteiger partial charge in [0.2, 0.25) is 17.6 Å². The normalized spacial score (nSPS) is 16.5. The number of thioether (sulfide) groups is 1. The number of nitrogens with one attached hydrogen (secondary N) is 1. The lowest BCUT2D eigenvalue weighted by Gasteiger charge is -2.30. The maximum atomic E-state index is 13.6. The summed E-state index contributed by atoms with van der Waals surface area (Å²) >= 11 is 5.11. The van der Waals surface area contributed by atoms with Gasteiger partial charge in [-0.15, -0.1) is 0 Å². The van der Waals surface area contributed by atoms with Crippen LogP contribution in [0.1, 0.15) is 30.7 Å². The highest BCUT2D eigenvalue weighted by Crippen LogP contribution is 2.22. The zero-order chi connectivity index (χ0) is 23.8. The van der Waals surface area contributed by atoms with Crippen LogP contribution in [0.15, 0.2) is 57.5 Å². The third-order valence-electron chi connectivity index (χ3n) is 5.79. The molecule has 1 unspecified atom stereocenters. The van der Waals surface area contributed by atoms with Crippen molar-refractivity contribution < 1.29 is 13.7 Å². The fourth-order valence-corrected chi connectivity index (χ4v) is 5.18. The van der Waals surface area contributed by atoms with E-state index in [2.05, 4.69) is 36.3 Å². The van der Waals surface area contributed by atoms with Crippen LogP contribution >= 0.6 is 27.7 Å². The molecule has 9 heteroatoms. The van der Waals surface area contributed by atoms with Crippen LogP contribution in [0.5, 0.6) is 0 Å². The zero-order valence-electron chi connectivity index (χ0n) is 18.9. The van der Waals surface area contributed by atoms with Gasteiger partial charge in [0.15, 0.2) is 0 Å². The van der Waals surface area contributed by atoms with E-state index in [1.165, 1.54) is 6.07 Å². The lowest BCUT2D eigenvalue weighted by molar-refractivity contribution is -0.126. The quantitative estimate of drug-likeness (QED) is 0.348. The Morgan fingerprint density at radius 1 is 1.24 bits per heavy atom. The lowest BCUT2D eigenvalue weighted by atomic mass is 9.97. The summed E-state index contributed by atoms with van der Waals surface area (Å²) in [5.74, 6) is 2.57. The van der Waals surface area contributed by atoms with Gasteiger partial charge in [0.05, 0.1) is 12.5 Å². The molecule has 2 heterocycles. The third kappa shape index (κ3) is 7.13.